The number of halogens is 1. The highest BCUT2D eigenvalue weighted by atomic mass is 32.1. The molecule has 5 aromatic rings. The number of furan rings is 1. The van der Waals surface area contributed by atoms with E-state index in [1.165, 1.54) is 22.8 Å². The molecule has 2 aromatic heterocycles. The molecule has 11 heteroatoms. The van der Waals surface area contributed by atoms with Crippen molar-refractivity contribution >= 4 is 34.7 Å². The number of carbonyl (C=O) groups is 1. The predicted octanol–water partition coefficient (Wildman–Crippen LogP) is 5.80. The maximum Gasteiger partial charge on any atom is 0.280 e. The van der Waals surface area contributed by atoms with Crippen LogP contribution in [0.15, 0.2) is 104 Å². The number of hydrogen-bond donors (Lipinski definition) is 1. The van der Waals surface area contributed by atoms with E-state index in [0.29, 0.717) is 38.8 Å². The summed E-state index contributed by atoms with van der Waals surface area (Å²) >= 11 is 1.12. The number of nitrogens with one attached hydrogen (secondary N) is 1. The van der Waals surface area contributed by atoms with Crippen molar-refractivity contribution in [1.82, 2.24) is 4.57 Å². The lowest BCUT2D eigenvalue weighted by Crippen LogP contribution is -2.40. The number of amides is 1. The number of fused-ring (bicyclic) bond motifs is 1. The fourth-order valence-corrected chi connectivity index (χ4v) is 6.17. The number of nitrogens with zero attached hydrogens (tertiary/aromatic N) is 3. The lowest BCUT2D eigenvalue weighted by molar-refractivity contribution is -0.384. The first-order valence-electron chi connectivity index (χ1n) is 13.6. The van der Waals surface area contributed by atoms with Crippen LogP contribution in [0.1, 0.15) is 35.4 Å². The Labute approximate surface area is 254 Å². The van der Waals surface area contributed by atoms with Crippen LogP contribution < -0.4 is 20.2 Å². The van der Waals surface area contributed by atoms with Crippen LogP contribution in [-0.4, -0.2) is 15.4 Å². The first-order valence-corrected chi connectivity index (χ1v) is 14.4. The molecule has 0 aliphatic carbocycles. The second kappa shape index (κ2) is 11.3. The molecule has 0 unspecified atom stereocenters. The Morgan fingerprint density at radius 1 is 1.05 bits per heavy atom. The second-order valence-corrected chi connectivity index (χ2v) is 11.4. The summed E-state index contributed by atoms with van der Waals surface area (Å²) in [5, 5.41) is 14.6. The Hall–Kier alpha value is -5.42. The van der Waals surface area contributed by atoms with E-state index in [1.807, 2.05) is 13.0 Å². The predicted molar refractivity (Wildman–Crippen MR) is 166 cm³/mol. The third-order valence-corrected chi connectivity index (χ3v) is 8.44. The molecule has 0 spiro atoms. The van der Waals surface area contributed by atoms with Gasteiger partial charge in [-0.2, -0.15) is 0 Å². The van der Waals surface area contributed by atoms with Gasteiger partial charge in [0.2, 0.25) is 0 Å². The van der Waals surface area contributed by atoms with E-state index < -0.39 is 28.2 Å². The van der Waals surface area contributed by atoms with Gasteiger partial charge in [0.1, 0.15) is 17.3 Å². The lowest BCUT2D eigenvalue weighted by atomic mass is 9.95. The molecule has 6 rings (SSSR count). The van der Waals surface area contributed by atoms with Gasteiger partial charge in [0.05, 0.1) is 32.3 Å². The van der Waals surface area contributed by atoms with Crippen LogP contribution in [0.4, 0.5) is 15.8 Å². The maximum absolute atomic E-state index is 13.9. The van der Waals surface area contributed by atoms with Crippen molar-refractivity contribution in [1.29, 1.82) is 0 Å². The van der Waals surface area contributed by atoms with E-state index in [9.17, 15) is 24.1 Å². The number of para-hydroxylation sites is 1. The molecule has 1 aliphatic heterocycles. The van der Waals surface area contributed by atoms with E-state index >= 15 is 0 Å². The minimum Gasteiger partial charge on any atom is -0.456 e. The van der Waals surface area contributed by atoms with E-state index in [4.69, 9.17) is 4.42 Å². The van der Waals surface area contributed by atoms with Gasteiger partial charge in [-0.25, -0.2) is 9.38 Å². The molecule has 1 atom stereocenters. The summed E-state index contributed by atoms with van der Waals surface area (Å²) in [7, 11) is 0. The highest BCUT2D eigenvalue weighted by Crippen LogP contribution is 2.34. The molecule has 1 amide bonds. The number of carbonyl (C=O) groups excluding carboxylic acids is 1. The number of anilines is 1. The standard InChI is InChI=1S/C33H25FN4O5S/c1-18-15-25(26(38(41)42)16-19(18)2)27-14-13-24(43-27)17-28-32(40)37-30(21-9-11-22(34)12-10-21)29(20(3)35-33(37)44-28)31(39)36-23-7-5-4-6-8-23/h4-17,30H,1-3H3,(H,36,39)/b28-17+/t30-/m0/s1. The van der Waals surface area contributed by atoms with Crippen molar-refractivity contribution in [2.24, 2.45) is 4.99 Å². The van der Waals surface area contributed by atoms with Gasteiger partial charge >= 0.3 is 0 Å². The van der Waals surface area contributed by atoms with Crippen LogP contribution in [0.3, 0.4) is 0 Å². The van der Waals surface area contributed by atoms with Gasteiger partial charge < -0.3 is 9.73 Å². The zero-order valence-electron chi connectivity index (χ0n) is 23.8. The van der Waals surface area contributed by atoms with Crippen LogP contribution >= 0.6 is 11.3 Å². The average molecular weight is 609 g/mol. The smallest absolute Gasteiger partial charge is 0.280 e. The van der Waals surface area contributed by atoms with E-state index in [1.54, 1.807) is 74.5 Å². The fourth-order valence-electron chi connectivity index (χ4n) is 5.15. The molecule has 220 valence electrons. The topological polar surface area (TPSA) is 120 Å². The largest absolute Gasteiger partial charge is 0.456 e. The zero-order valence-corrected chi connectivity index (χ0v) is 24.6. The van der Waals surface area contributed by atoms with E-state index in [2.05, 4.69) is 10.3 Å². The molecule has 1 aliphatic rings. The SMILES string of the molecule is CC1=C(C(=O)Nc2ccccc2)[C@H](c2ccc(F)cc2)n2c(s/c(=C/c3ccc(-c4cc(C)c(C)cc4[N+](=O)[O-])o3)c2=O)=N1. The van der Waals surface area contributed by atoms with Crippen molar-refractivity contribution in [2.75, 3.05) is 5.32 Å². The third kappa shape index (κ3) is 5.29. The fraction of sp³-hybridized carbons (Fsp3) is 0.121. The first kappa shape index (κ1) is 28.7. The summed E-state index contributed by atoms with van der Waals surface area (Å²) in [4.78, 5) is 43.8. The van der Waals surface area contributed by atoms with Gasteiger partial charge in [0, 0.05) is 17.8 Å². The number of nitro benzene ring substituents is 1. The number of hydrogen-bond acceptors (Lipinski definition) is 7. The number of aryl methyl sites for hydroxylation is 2. The lowest BCUT2D eigenvalue weighted by Gasteiger charge is -2.25. The minimum atomic E-state index is -0.872. The maximum atomic E-state index is 13.9. The van der Waals surface area contributed by atoms with Crippen LogP contribution in [0.5, 0.6) is 0 Å². The Morgan fingerprint density at radius 2 is 1.75 bits per heavy atom. The molecule has 0 fully saturated rings. The Morgan fingerprint density at radius 3 is 2.45 bits per heavy atom. The Kier molecular flexibility index (Phi) is 7.40. The van der Waals surface area contributed by atoms with Crippen molar-refractivity contribution in [2.45, 2.75) is 26.8 Å². The zero-order chi connectivity index (χ0) is 31.1. The molecular weight excluding hydrogens is 583 g/mol. The molecule has 1 N–H and O–H groups in total. The summed E-state index contributed by atoms with van der Waals surface area (Å²) in [6.45, 7) is 5.36. The number of rotatable bonds is 6. The average Bonchev–Trinajstić information content (AvgIpc) is 3.58. The van der Waals surface area contributed by atoms with Gasteiger partial charge in [0.25, 0.3) is 17.2 Å². The number of thiazole rings is 1. The molecule has 0 saturated heterocycles. The van der Waals surface area contributed by atoms with Crippen LogP contribution in [0, 0.1) is 29.8 Å². The summed E-state index contributed by atoms with van der Waals surface area (Å²) < 4.78 is 21.6. The molecule has 0 radical (unpaired) electrons. The van der Waals surface area contributed by atoms with Gasteiger partial charge in [-0.1, -0.05) is 41.7 Å². The first-order chi connectivity index (χ1) is 21.1. The van der Waals surface area contributed by atoms with Crippen molar-refractivity contribution in [3.63, 3.8) is 0 Å². The summed E-state index contributed by atoms with van der Waals surface area (Å²) in [6.07, 6.45) is 1.55. The Balaban J connectivity index is 1.45. The summed E-state index contributed by atoms with van der Waals surface area (Å²) in [5.41, 5.74) is 3.28. The molecule has 0 bridgehead atoms. The molecule has 0 saturated carbocycles. The minimum absolute atomic E-state index is 0.0792. The van der Waals surface area contributed by atoms with Gasteiger partial charge in [-0.15, -0.1) is 0 Å². The van der Waals surface area contributed by atoms with Gasteiger partial charge in [-0.05, 0) is 79.9 Å². The molecular formula is C33H25FN4O5S. The number of nitro groups is 1. The van der Waals surface area contributed by atoms with Gasteiger partial charge in [-0.3, -0.25) is 24.3 Å². The molecule has 3 aromatic carbocycles. The normalized spacial score (nSPS) is 14.7. The monoisotopic (exact) mass is 608 g/mol. The van der Waals surface area contributed by atoms with E-state index in [0.717, 1.165) is 22.5 Å². The van der Waals surface area contributed by atoms with Crippen LogP contribution in [0.25, 0.3) is 17.4 Å². The highest BCUT2D eigenvalue weighted by molar-refractivity contribution is 7.07. The second-order valence-electron chi connectivity index (χ2n) is 10.4. The molecule has 9 nitrogen and oxygen atoms in total. The summed E-state index contributed by atoms with van der Waals surface area (Å²) in [6, 6.07) is 20.2. The number of aromatic nitrogens is 1. The highest BCUT2D eigenvalue weighted by Gasteiger charge is 2.32. The number of allylic oxidation sites excluding steroid dienone is 1. The summed E-state index contributed by atoms with van der Waals surface area (Å²) in [5.74, 6) is -0.283. The number of benzene rings is 3. The third-order valence-electron chi connectivity index (χ3n) is 7.46. The van der Waals surface area contributed by atoms with Crippen molar-refractivity contribution in [3.8, 4) is 11.3 Å². The van der Waals surface area contributed by atoms with Crippen molar-refractivity contribution in [3.05, 3.63) is 148 Å². The molecule has 3 heterocycles. The quantitative estimate of drug-likeness (QED) is 0.193. The molecule has 44 heavy (non-hydrogen) atoms. The van der Waals surface area contributed by atoms with Crippen molar-refractivity contribution < 1.29 is 18.5 Å². The van der Waals surface area contributed by atoms with Crippen LogP contribution in [-0.2, 0) is 4.79 Å². The van der Waals surface area contributed by atoms with Crippen LogP contribution in [0.2, 0.25) is 0 Å². The van der Waals surface area contributed by atoms with Gasteiger partial charge in [0.15, 0.2) is 4.80 Å². The Bertz CT molecular complexity index is 2160. The van der Waals surface area contributed by atoms with E-state index in [-0.39, 0.29) is 15.8 Å².